The van der Waals surface area contributed by atoms with Crippen LogP contribution in [0.15, 0.2) is 48.5 Å². The Balaban J connectivity index is 1.75. The highest BCUT2D eigenvalue weighted by Gasteiger charge is 2.09. The van der Waals surface area contributed by atoms with E-state index in [-0.39, 0.29) is 23.6 Å². The van der Waals surface area contributed by atoms with Gasteiger partial charge < -0.3 is 5.32 Å². The first kappa shape index (κ1) is 16.5. The molecule has 0 unspecified atom stereocenters. The van der Waals surface area contributed by atoms with Crippen molar-refractivity contribution in [1.82, 2.24) is 5.32 Å². The first-order chi connectivity index (χ1) is 10.5. The highest BCUT2D eigenvalue weighted by molar-refractivity contribution is 7.99. The third-order valence-electron chi connectivity index (χ3n) is 3.16. The third-order valence-corrected chi connectivity index (χ3v) is 4.17. The second-order valence-electron chi connectivity index (χ2n) is 4.96. The number of amides is 1. The van der Waals surface area contributed by atoms with E-state index in [1.165, 1.54) is 36.0 Å². The summed E-state index contributed by atoms with van der Waals surface area (Å²) in [6.07, 6.45) is 0. The van der Waals surface area contributed by atoms with Gasteiger partial charge in [0.15, 0.2) is 0 Å². The molecule has 0 fully saturated rings. The van der Waals surface area contributed by atoms with Crippen molar-refractivity contribution in [3.63, 3.8) is 0 Å². The van der Waals surface area contributed by atoms with E-state index in [1.807, 2.05) is 6.92 Å². The fraction of sp³-hybridized carbons (Fsp3) is 0.235. The van der Waals surface area contributed by atoms with Gasteiger partial charge >= 0.3 is 0 Å². The lowest BCUT2D eigenvalue weighted by atomic mass is 10.1. The van der Waals surface area contributed by atoms with Crippen LogP contribution in [0.5, 0.6) is 0 Å². The lowest BCUT2D eigenvalue weighted by Crippen LogP contribution is -2.28. The van der Waals surface area contributed by atoms with E-state index in [4.69, 9.17) is 0 Å². The van der Waals surface area contributed by atoms with E-state index >= 15 is 0 Å². The standard InChI is InChI=1S/C17H17F2NOS/c1-12(14-4-8-16(19)9-5-14)20-17(21)11-22-10-13-2-6-15(18)7-3-13/h2-9,12H,10-11H2,1H3,(H,20,21)/t12-/m0/s1. The van der Waals surface area contributed by atoms with Crippen molar-refractivity contribution in [3.05, 3.63) is 71.3 Å². The molecule has 5 heteroatoms. The Morgan fingerprint density at radius 3 is 2.18 bits per heavy atom. The number of nitrogens with one attached hydrogen (secondary N) is 1. The smallest absolute Gasteiger partial charge is 0.230 e. The number of thioether (sulfide) groups is 1. The second-order valence-corrected chi connectivity index (χ2v) is 5.95. The minimum absolute atomic E-state index is 0.0797. The quantitative estimate of drug-likeness (QED) is 0.869. The molecule has 22 heavy (non-hydrogen) atoms. The number of benzene rings is 2. The predicted octanol–water partition coefficient (Wildman–Crippen LogP) is 4.08. The maximum Gasteiger partial charge on any atom is 0.230 e. The number of halogens is 2. The molecule has 1 atom stereocenters. The zero-order valence-electron chi connectivity index (χ0n) is 12.2. The number of hydrogen-bond acceptors (Lipinski definition) is 2. The van der Waals surface area contributed by atoms with Crippen LogP contribution in [-0.4, -0.2) is 11.7 Å². The SMILES string of the molecule is C[C@H](NC(=O)CSCc1ccc(F)cc1)c1ccc(F)cc1. The summed E-state index contributed by atoms with van der Waals surface area (Å²) in [5.74, 6) is 0.335. The van der Waals surface area contributed by atoms with E-state index in [0.717, 1.165) is 11.1 Å². The Hall–Kier alpha value is -1.88. The number of hydrogen-bond donors (Lipinski definition) is 1. The molecular weight excluding hydrogens is 304 g/mol. The molecular formula is C17H17F2NOS. The summed E-state index contributed by atoms with van der Waals surface area (Å²) in [6, 6.07) is 12.1. The minimum atomic E-state index is -0.294. The number of rotatable bonds is 6. The largest absolute Gasteiger partial charge is 0.349 e. The maximum absolute atomic E-state index is 12.9. The van der Waals surface area contributed by atoms with Crippen molar-refractivity contribution in [2.75, 3.05) is 5.75 Å². The molecule has 0 aliphatic heterocycles. The average Bonchev–Trinajstić information content (AvgIpc) is 2.50. The molecule has 116 valence electrons. The van der Waals surface area contributed by atoms with E-state index in [0.29, 0.717) is 11.5 Å². The van der Waals surface area contributed by atoms with Gasteiger partial charge in [0.2, 0.25) is 5.91 Å². The van der Waals surface area contributed by atoms with E-state index in [9.17, 15) is 13.6 Å². The molecule has 0 radical (unpaired) electrons. The van der Waals surface area contributed by atoms with Gasteiger partial charge in [0.25, 0.3) is 0 Å². The summed E-state index contributed by atoms with van der Waals surface area (Å²) in [7, 11) is 0. The highest BCUT2D eigenvalue weighted by atomic mass is 32.2. The molecule has 0 spiro atoms. The Morgan fingerprint density at radius 1 is 1.05 bits per heavy atom. The fourth-order valence-corrected chi connectivity index (χ4v) is 2.76. The van der Waals surface area contributed by atoms with Crippen LogP contribution < -0.4 is 5.32 Å². The zero-order chi connectivity index (χ0) is 15.9. The van der Waals surface area contributed by atoms with E-state index in [2.05, 4.69) is 5.32 Å². The topological polar surface area (TPSA) is 29.1 Å². The van der Waals surface area contributed by atoms with Crippen molar-refractivity contribution in [3.8, 4) is 0 Å². The fourth-order valence-electron chi connectivity index (χ4n) is 1.96. The molecule has 0 bridgehead atoms. The number of carbonyl (C=O) groups excluding carboxylic acids is 1. The van der Waals surface area contributed by atoms with Crippen LogP contribution in [0.3, 0.4) is 0 Å². The molecule has 0 aliphatic rings. The van der Waals surface area contributed by atoms with Crippen molar-refractivity contribution < 1.29 is 13.6 Å². The van der Waals surface area contributed by atoms with Gasteiger partial charge in [-0.25, -0.2) is 8.78 Å². The van der Waals surface area contributed by atoms with Crippen LogP contribution in [0.2, 0.25) is 0 Å². The van der Waals surface area contributed by atoms with Crippen LogP contribution in [0.1, 0.15) is 24.1 Å². The van der Waals surface area contributed by atoms with Gasteiger partial charge in [-0.05, 0) is 42.3 Å². The molecule has 0 saturated heterocycles. The Morgan fingerprint density at radius 2 is 1.59 bits per heavy atom. The van der Waals surface area contributed by atoms with Crippen LogP contribution in [0.4, 0.5) is 8.78 Å². The predicted molar refractivity (Wildman–Crippen MR) is 85.5 cm³/mol. The van der Waals surface area contributed by atoms with Crippen LogP contribution >= 0.6 is 11.8 Å². The average molecular weight is 321 g/mol. The highest BCUT2D eigenvalue weighted by Crippen LogP contribution is 2.15. The Kier molecular flexibility index (Phi) is 5.95. The minimum Gasteiger partial charge on any atom is -0.349 e. The molecule has 1 amide bonds. The van der Waals surface area contributed by atoms with E-state index < -0.39 is 0 Å². The lowest BCUT2D eigenvalue weighted by molar-refractivity contribution is -0.119. The van der Waals surface area contributed by atoms with Crippen LogP contribution in [0, 0.1) is 11.6 Å². The maximum atomic E-state index is 12.9. The molecule has 1 N–H and O–H groups in total. The molecule has 2 nitrogen and oxygen atoms in total. The van der Waals surface area contributed by atoms with Crippen molar-refractivity contribution in [2.45, 2.75) is 18.7 Å². The van der Waals surface area contributed by atoms with Crippen LogP contribution in [0.25, 0.3) is 0 Å². The van der Waals surface area contributed by atoms with Crippen molar-refractivity contribution >= 4 is 17.7 Å². The van der Waals surface area contributed by atoms with Gasteiger partial charge in [-0.1, -0.05) is 24.3 Å². The summed E-state index contributed by atoms with van der Waals surface area (Å²) in [4.78, 5) is 11.9. The zero-order valence-corrected chi connectivity index (χ0v) is 13.0. The molecule has 2 aromatic rings. The normalized spacial score (nSPS) is 12.0. The monoisotopic (exact) mass is 321 g/mol. The van der Waals surface area contributed by atoms with Crippen molar-refractivity contribution in [2.24, 2.45) is 0 Å². The molecule has 0 heterocycles. The van der Waals surface area contributed by atoms with Gasteiger partial charge in [-0.15, -0.1) is 11.8 Å². The van der Waals surface area contributed by atoms with Crippen LogP contribution in [-0.2, 0) is 10.5 Å². The first-order valence-corrected chi connectivity index (χ1v) is 8.07. The lowest BCUT2D eigenvalue weighted by Gasteiger charge is -2.14. The Bertz CT molecular complexity index is 614. The Labute approximate surface area is 132 Å². The summed E-state index contributed by atoms with van der Waals surface area (Å²) in [6.45, 7) is 1.86. The second kappa shape index (κ2) is 7.94. The summed E-state index contributed by atoms with van der Waals surface area (Å²) < 4.78 is 25.6. The van der Waals surface area contributed by atoms with Gasteiger partial charge in [0.05, 0.1) is 11.8 Å². The van der Waals surface area contributed by atoms with Crippen molar-refractivity contribution in [1.29, 1.82) is 0 Å². The summed E-state index contributed by atoms with van der Waals surface area (Å²) in [5.41, 5.74) is 1.84. The number of carbonyl (C=O) groups is 1. The molecule has 0 saturated carbocycles. The van der Waals surface area contributed by atoms with Gasteiger partial charge in [0.1, 0.15) is 11.6 Å². The summed E-state index contributed by atoms with van der Waals surface area (Å²) in [5, 5.41) is 2.87. The molecule has 2 aromatic carbocycles. The molecule has 2 rings (SSSR count). The third kappa shape index (κ3) is 5.15. The van der Waals surface area contributed by atoms with E-state index in [1.54, 1.807) is 24.3 Å². The first-order valence-electron chi connectivity index (χ1n) is 6.91. The summed E-state index contributed by atoms with van der Waals surface area (Å²) >= 11 is 1.47. The molecule has 0 aromatic heterocycles. The molecule has 0 aliphatic carbocycles. The van der Waals surface area contributed by atoms with Gasteiger partial charge in [-0.3, -0.25) is 4.79 Å². The van der Waals surface area contributed by atoms with Gasteiger partial charge in [0, 0.05) is 5.75 Å². The van der Waals surface area contributed by atoms with Gasteiger partial charge in [-0.2, -0.15) is 0 Å².